The lowest BCUT2D eigenvalue weighted by molar-refractivity contribution is -0.144. The van der Waals surface area contributed by atoms with Gasteiger partial charge in [0.05, 0.1) is 13.0 Å². The molecule has 0 saturated heterocycles. The fraction of sp³-hybridized carbons (Fsp3) is 0.933. The van der Waals surface area contributed by atoms with Gasteiger partial charge < -0.3 is 4.74 Å². The first-order valence-electron chi connectivity index (χ1n) is 15.0. The highest BCUT2D eigenvalue weighted by atomic mass is 16.5. The van der Waals surface area contributed by atoms with Crippen LogP contribution in [0.15, 0.2) is 0 Å². The summed E-state index contributed by atoms with van der Waals surface area (Å²) in [5.74, 6) is -0.938. The zero-order chi connectivity index (χ0) is 25.0. The van der Waals surface area contributed by atoms with Crippen molar-refractivity contribution in [2.45, 2.75) is 174 Å². The molecule has 201 valence electrons. The molecule has 0 aromatic rings. The fourth-order valence-corrected chi connectivity index (χ4v) is 4.51. The van der Waals surface area contributed by atoms with Gasteiger partial charge in [-0.25, -0.2) is 9.90 Å². The van der Waals surface area contributed by atoms with E-state index in [4.69, 9.17) is 4.74 Å². The van der Waals surface area contributed by atoms with Crippen molar-refractivity contribution in [2.75, 3.05) is 6.61 Å². The summed E-state index contributed by atoms with van der Waals surface area (Å²) in [7, 11) is 0. The van der Waals surface area contributed by atoms with Crippen LogP contribution >= 0.6 is 0 Å². The third-order valence-corrected chi connectivity index (χ3v) is 6.77. The van der Waals surface area contributed by atoms with Crippen molar-refractivity contribution in [3.05, 3.63) is 0 Å². The van der Waals surface area contributed by atoms with Crippen molar-refractivity contribution < 1.29 is 19.4 Å². The molecule has 0 amide bonds. The molecule has 0 spiro atoms. The van der Waals surface area contributed by atoms with Crippen LogP contribution in [0, 0.1) is 0 Å². The summed E-state index contributed by atoms with van der Waals surface area (Å²) in [6, 6.07) is 0. The molecule has 4 nitrogen and oxygen atoms in total. The predicted octanol–water partition coefficient (Wildman–Crippen LogP) is 9.65. The van der Waals surface area contributed by atoms with Crippen molar-refractivity contribution in [1.29, 1.82) is 0 Å². The number of unbranched alkanes of at least 4 members (excludes halogenated alkanes) is 22. The van der Waals surface area contributed by atoms with Gasteiger partial charge in [-0.05, 0) is 19.3 Å². The monoisotopic (exact) mass is 481 g/mol. The number of rotatable bonds is 28. The number of carbonyl (C=O) groups is 2. The van der Waals surface area contributed by atoms with Gasteiger partial charge in [0.1, 0.15) is 0 Å². The van der Waals surface area contributed by atoms with Gasteiger partial charge in [-0.15, -0.1) is 0 Å². The first-order chi connectivity index (χ1) is 16.7. The largest absolute Gasteiger partial charge is 0.466 e. The molecule has 0 aliphatic carbocycles. The second kappa shape index (κ2) is 28.2. The molecule has 0 aromatic heterocycles. The normalized spacial score (nSPS) is 11.1. The van der Waals surface area contributed by atoms with Crippen LogP contribution in [0.25, 0.3) is 0 Å². The van der Waals surface area contributed by atoms with Gasteiger partial charge in [-0.1, -0.05) is 142 Å². The van der Waals surface area contributed by atoms with E-state index in [1.807, 2.05) is 0 Å². The Labute approximate surface area is 212 Å². The van der Waals surface area contributed by atoms with Gasteiger partial charge in [0.2, 0.25) is 0 Å². The van der Waals surface area contributed by atoms with Crippen molar-refractivity contribution in [3.63, 3.8) is 0 Å². The maximum Gasteiger partial charge on any atom is 0.355 e. The summed E-state index contributed by atoms with van der Waals surface area (Å²) in [6.07, 6.45) is 30.6. The van der Waals surface area contributed by atoms with Crippen LogP contribution in [0.5, 0.6) is 0 Å². The molecule has 1 radical (unpaired) electrons. The minimum atomic E-state index is -0.926. The van der Waals surface area contributed by atoms with Crippen molar-refractivity contribution in [2.24, 2.45) is 0 Å². The van der Waals surface area contributed by atoms with Crippen LogP contribution < -0.4 is 0 Å². The molecular weight excluding hydrogens is 424 g/mol. The molecule has 0 rings (SSSR count). The molecule has 0 saturated carbocycles. The van der Waals surface area contributed by atoms with Gasteiger partial charge in [-0.3, -0.25) is 4.79 Å². The third-order valence-electron chi connectivity index (χ3n) is 6.77. The quantitative estimate of drug-likeness (QED) is 0.0825. The van der Waals surface area contributed by atoms with Gasteiger partial charge in [0.25, 0.3) is 0 Å². The maximum absolute atomic E-state index is 11.8. The lowest BCUT2D eigenvalue weighted by Gasteiger charge is -2.06. The van der Waals surface area contributed by atoms with Crippen LogP contribution in [-0.4, -0.2) is 18.5 Å². The number of ether oxygens (including phenoxy) is 1. The van der Waals surface area contributed by atoms with Gasteiger partial charge in [0.15, 0.2) is 0 Å². The highest BCUT2D eigenvalue weighted by molar-refractivity contribution is 5.69. The zero-order valence-corrected chi connectivity index (χ0v) is 22.7. The van der Waals surface area contributed by atoms with Crippen LogP contribution in [0.4, 0.5) is 0 Å². The smallest absolute Gasteiger partial charge is 0.355 e. The van der Waals surface area contributed by atoms with Crippen LogP contribution in [0.1, 0.15) is 174 Å². The molecule has 0 fully saturated rings. The van der Waals surface area contributed by atoms with E-state index in [2.05, 4.69) is 6.92 Å². The average molecular weight is 482 g/mol. The van der Waals surface area contributed by atoms with Crippen LogP contribution in [0.2, 0.25) is 0 Å². The number of esters is 1. The Morgan fingerprint density at radius 2 is 0.765 bits per heavy atom. The second-order valence-corrected chi connectivity index (χ2v) is 10.2. The molecule has 0 unspecified atom stereocenters. The third kappa shape index (κ3) is 29.0. The molecule has 0 aliphatic heterocycles. The molecule has 0 N–H and O–H groups in total. The molecule has 0 bridgehead atoms. The first kappa shape index (κ1) is 32.9. The van der Waals surface area contributed by atoms with Gasteiger partial charge >= 0.3 is 11.9 Å². The Hall–Kier alpha value is -1.06. The molecule has 0 aromatic carbocycles. The van der Waals surface area contributed by atoms with E-state index in [1.54, 1.807) is 0 Å². The van der Waals surface area contributed by atoms with Crippen molar-refractivity contribution in [1.82, 2.24) is 0 Å². The SMILES string of the molecule is CCCCCCCCCCCCCCCC(=O)OCCCCCCCCCCCCCC([O])=O. The van der Waals surface area contributed by atoms with E-state index >= 15 is 0 Å². The Kier molecular flexibility index (Phi) is 27.3. The summed E-state index contributed by atoms with van der Waals surface area (Å²) in [4.78, 5) is 22.2. The Balaban J connectivity index is 3.15. The summed E-state index contributed by atoms with van der Waals surface area (Å²) in [6.45, 7) is 2.86. The van der Waals surface area contributed by atoms with Crippen LogP contribution in [0.3, 0.4) is 0 Å². The standard InChI is InChI=1S/C30H57O4/c1-2-3-4-5-6-7-8-9-12-15-18-21-24-27-30(33)34-28-25-22-19-16-13-10-11-14-17-20-23-26-29(31)32/h2-28H2,1H3. The van der Waals surface area contributed by atoms with Crippen molar-refractivity contribution >= 4 is 11.9 Å². The van der Waals surface area contributed by atoms with Gasteiger partial charge in [0, 0.05) is 6.42 Å². The molecule has 0 heterocycles. The number of hydrogen-bond donors (Lipinski definition) is 0. The number of hydrogen-bond acceptors (Lipinski definition) is 3. The topological polar surface area (TPSA) is 63.3 Å². The fourth-order valence-electron chi connectivity index (χ4n) is 4.51. The Morgan fingerprint density at radius 1 is 0.441 bits per heavy atom. The van der Waals surface area contributed by atoms with E-state index in [0.717, 1.165) is 44.9 Å². The van der Waals surface area contributed by atoms with E-state index < -0.39 is 5.97 Å². The molecule has 34 heavy (non-hydrogen) atoms. The minimum absolute atomic E-state index is 0.0114. The summed E-state index contributed by atoms with van der Waals surface area (Å²) in [5.41, 5.74) is 0. The lowest BCUT2D eigenvalue weighted by atomic mass is 10.0. The highest BCUT2D eigenvalue weighted by Gasteiger charge is 2.03. The second-order valence-electron chi connectivity index (χ2n) is 10.2. The first-order valence-corrected chi connectivity index (χ1v) is 15.0. The average Bonchev–Trinajstić information content (AvgIpc) is 2.82. The molecule has 0 atom stereocenters. The van der Waals surface area contributed by atoms with E-state index in [9.17, 15) is 14.7 Å². The highest BCUT2D eigenvalue weighted by Crippen LogP contribution is 2.14. The van der Waals surface area contributed by atoms with E-state index in [1.165, 1.54) is 109 Å². The molecule has 4 heteroatoms. The number of carbonyl (C=O) groups excluding carboxylic acids is 2. The lowest BCUT2D eigenvalue weighted by Crippen LogP contribution is -2.05. The summed E-state index contributed by atoms with van der Waals surface area (Å²) < 4.78 is 5.38. The predicted molar refractivity (Wildman–Crippen MR) is 142 cm³/mol. The van der Waals surface area contributed by atoms with E-state index in [-0.39, 0.29) is 12.4 Å². The Morgan fingerprint density at radius 3 is 1.15 bits per heavy atom. The Bertz CT molecular complexity index is 436. The van der Waals surface area contributed by atoms with E-state index in [0.29, 0.717) is 13.0 Å². The summed E-state index contributed by atoms with van der Waals surface area (Å²) in [5, 5.41) is 10.3. The zero-order valence-electron chi connectivity index (χ0n) is 22.7. The van der Waals surface area contributed by atoms with Crippen LogP contribution in [-0.2, 0) is 19.4 Å². The molecular formula is C30H57O4. The van der Waals surface area contributed by atoms with Gasteiger partial charge in [-0.2, -0.15) is 0 Å². The summed E-state index contributed by atoms with van der Waals surface area (Å²) >= 11 is 0. The molecule has 0 aliphatic rings. The minimum Gasteiger partial charge on any atom is -0.466 e. The van der Waals surface area contributed by atoms with Crippen molar-refractivity contribution in [3.8, 4) is 0 Å². The maximum atomic E-state index is 11.8.